The Morgan fingerprint density at radius 1 is 1.02 bits per heavy atom. The number of phenolic OH excluding ortho intramolecular Hbond substituents is 1. The average Bonchev–Trinajstić information content (AvgIpc) is 3.50. The van der Waals surface area contributed by atoms with Crippen LogP contribution in [0.2, 0.25) is 0 Å². The Morgan fingerprint density at radius 3 is 2.54 bits per heavy atom. The molecule has 0 radical (unpaired) electrons. The number of halogens is 1. The molecule has 0 saturated carbocycles. The Labute approximate surface area is 236 Å². The van der Waals surface area contributed by atoms with Gasteiger partial charge in [-0.05, 0) is 73.8 Å². The maximum Gasteiger partial charge on any atom is 0.407 e. The second-order valence-corrected chi connectivity index (χ2v) is 11.4. The molecule has 212 valence electrons. The first-order valence-corrected chi connectivity index (χ1v) is 14.2. The fourth-order valence-electron chi connectivity index (χ4n) is 6.91. The molecule has 7 rings (SSSR count). The highest BCUT2D eigenvalue weighted by molar-refractivity contribution is 6.01. The summed E-state index contributed by atoms with van der Waals surface area (Å²) in [6.07, 6.45) is 2.79. The highest BCUT2D eigenvalue weighted by atomic mass is 19.1. The fraction of sp³-hybridized carbons (Fsp3) is 0.387. The van der Waals surface area contributed by atoms with Gasteiger partial charge in [-0.3, -0.25) is 4.90 Å². The minimum atomic E-state index is -0.900. The number of hydrogen-bond donors (Lipinski definition) is 2. The number of likely N-dealkylation sites (N-methyl/N-ethyl adjacent to an activating group) is 1. The van der Waals surface area contributed by atoms with Gasteiger partial charge < -0.3 is 24.7 Å². The minimum absolute atomic E-state index is 0.0538. The van der Waals surface area contributed by atoms with Crippen molar-refractivity contribution >= 4 is 33.6 Å². The molecule has 4 heterocycles. The van der Waals surface area contributed by atoms with Crippen molar-refractivity contribution in [3.05, 3.63) is 54.3 Å². The van der Waals surface area contributed by atoms with E-state index in [1.807, 2.05) is 30.3 Å². The summed E-state index contributed by atoms with van der Waals surface area (Å²) in [6.45, 7) is 2.35. The van der Waals surface area contributed by atoms with Crippen molar-refractivity contribution in [3.8, 4) is 22.9 Å². The number of rotatable bonds is 5. The quantitative estimate of drug-likeness (QED) is 0.350. The van der Waals surface area contributed by atoms with E-state index in [9.17, 15) is 15.0 Å². The molecule has 4 aromatic rings. The number of carbonyl (C=O) groups is 1. The molecule has 0 unspecified atom stereocenters. The summed E-state index contributed by atoms with van der Waals surface area (Å²) in [5.74, 6) is 0.0906. The van der Waals surface area contributed by atoms with Gasteiger partial charge in [0.15, 0.2) is 5.82 Å². The lowest BCUT2D eigenvalue weighted by Gasteiger charge is -2.40. The Bertz CT molecular complexity index is 1650. The summed E-state index contributed by atoms with van der Waals surface area (Å²) in [5, 5.41) is 22.3. The second kappa shape index (κ2) is 10.0. The molecule has 1 amide bonds. The highest BCUT2D eigenvalue weighted by Gasteiger charge is 2.43. The van der Waals surface area contributed by atoms with Crippen molar-refractivity contribution in [2.75, 3.05) is 38.2 Å². The van der Waals surface area contributed by atoms with Crippen molar-refractivity contribution in [1.82, 2.24) is 19.8 Å². The van der Waals surface area contributed by atoms with Gasteiger partial charge in [0.05, 0.1) is 12.1 Å². The molecule has 3 saturated heterocycles. The van der Waals surface area contributed by atoms with Gasteiger partial charge in [-0.15, -0.1) is 0 Å². The Balaban J connectivity index is 1.34. The highest BCUT2D eigenvalue weighted by Crippen LogP contribution is 2.40. The van der Waals surface area contributed by atoms with E-state index in [-0.39, 0.29) is 35.4 Å². The summed E-state index contributed by atoms with van der Waals surface area (Å²) < 4.78 is 22.7. The van der Waals surface area contributed by atoms with Crippen LogP contribution in [0.1, 0.15) is 25.7 Å². The lowest BCUT2D eigenvalue weighted by atomic mass is 9.96. The molecule has 3 aliphatic heterocycles. The topological polar surface area (TPSA) is 102 Å². The number of phenols is 1. The van der Waals surface area contributed by atoms with Crippen molar-refractivity contribution in [3.63, 3.8) is 0 Å². The number of nitrogens with zero attached hydrogens (tertiary/aromatic N) is 5. The van der Waals surface area contributed by atoms with Gasteiger partial charge in [0.1, 0.15) is 23.7 Å². The van der Waals surface area contributed by atoms with E-state index < -0.39 is 11.9 Å². The van der Waals surface area contributed by atoms with Gasteiger partial charge in [0.2, 0.25) is 0 Å². The minimum Gasteiger partial charge on any atom is -0.508 e. The first-order chi connectivity index (χ1) is 19.9. The molecule has 2 N–H and O–H groups in total. The molecule has 10 heteroatoms. The van der Waals surface area contributed by atoms with Crippen LogP contribution >= 0.6 is 0 Å². The molecule has 41 heavy (non-hydrogen) atoms. The number of likely N-dealkylation sites (tertiary alicyclic amines) is 1. The lowest BCUT2D eigenvalue weighted by Crippen LogP contribution is -2.55. The Kier molecular flexibility index (Phi) is 6.30. The van der Waals surface area contributed by atoms with Crippen LogP contribution < -0.4 is 9.64 Å². The number of amides is 1. The first kappa shape index (κ1) is 25.8. The monoisotopic (exact) mass is 557 g/mol. The lowest BCUT2D eigenvalue weighted by molar-refractivity contribution is 0.114. The number of benzene rings is 3. The van der Waals surface area contributed by atoms with Gasteiger partial charge in [-0.1, -0.05) is 30.3 Å². The van der Waals surface area contributed by atoms with E-state index in [1.165, 1.54) is 0 Å². The maximum atomic E-state index is 16.5. The maximum absolute atomic E-state index is 16.5. The third-order valence-corrected chi connectivity index (χ3v) is 8.98. The smallest absolute Gasteiger partial charge is 0.407 e. The summed E-state index contributed by atoms with van der Waals surface area (Å²) in [7, 11) is 2.07. The number of piperazine rings is 1. The fourth-order valence-corrected chi connectivity index (χ4v) is 6.91. The predicted molar refractivity (Wildman–Crippen MR) is 154 cm³/mol. The first-order valence-electron chi connectivity index (χ1n) is 14.2. The van der Waals surface area contributed by atoms with Crippen LogP contribution in [0.5, 0.6) is 11.8 Å². The number of carboxylic acid groups (broad SMARTS) is 1. The molecule has 3 atom stereocenters. The molecular formula is C31H32FN5O4. The summed E-state index contributed by atoms with van der Waals surface area (Å²) in [6, 6.07) is 14.4. The van der Waals surface area contributed by atoms with E-state index in [0.29, 0.717) is 42.0 Å². The van der Waals surface area contributed by atoms with Gasteiger partial charge in [-0.2, -0.15) is 9.97 Å². The van der Waals surface area contributed by atoms with Crippen LogP contribution in [-0.2, 0) is 0 Å². The Morgan fingerprint density at radius 2 is 1.80 bits per heavy atom. The average molecular weight is 558 g/mol. The summed E-state index contributed by atoms with van der Waals surface area (Å²) in [5.41, 5.74) is 1.04. The van der Waals surface area contributed by atoms with E-state index in [4.69, 9.17) is 9.72 Å². The molecule has 3 aliphatic rings. The van der Waals surface area contributed by atoms with Crippen molar-refractivity contribution in [2.24, 2.45) is 0 Å². The van der Waals surface area contributed by atoms with Gasteiger partial charge in [-0.25, -0.2) is 9.18 Å². The van der Waals surface area contributed by atoms with Crippen LogP contribution in [0.25, 0.3) is 32.8 Å². The molecule has 0 spiro atoms. The number of ether oxygens (including phenoxy) is 1. The normalized spacial score (nSPS) is 22.6. The number of aromatic hydroxyl groups is 1. The number of hydrogen-bond acceptors (Lipinski definition) is 7. The largest absolute Gasteiger partial charge is 0.508 e. The van der Waals surface area contributed by atoms with Crippen molar-refractivity contribution in [1.29, 1.82) is 0 Å². The number of anilines is 1. The van der Waals surface area contributed by atoms with Gasteiger partial charge >= 0.3 is 12.1 Å². The summed E-state index contributed by atoms with van der Waals surface area (Å²) in [4.78, 5) is 27.1. The van der Waals surface area contributed by atoms with E-state index >= 15 is 4.39 Å². The molecule has 9 nitrogen and oxygen atoms in total. The van der Waals surface area contributed by atoms with Crippen LogP contribution in [0.15, 0.2) is 48.5 Å². The zero-order valence-electron chi connectivity index (χ0n) is 22.8. The van der Waals surface area contributed by atoms with Crippen LogP contribution in [-0.4, -0.2) is 87.5 Å². The second-order valence-electron chi connectivity index (χ2n) is 11.4. The molecule has 2 bridgehead atoms. The van der Waals surface area contributed by atoms with Crippen LogP contribution in [0.4, 0.5) is 15.0 Å². The molecular weight excluding hydrogens is 525 g/mol. The molecule has 1 aromatic heterocycles. The van der Waals surface area contributed by atoms with Crippen molar-refractivity contribution in [2.45, 2.75) is 43.8 Å². The zero-order chi connectivity index (χ0) is 28.2. The zero-order valence-corrected chi connectivity index (χ0v) is 22.8. The number of aromatic nitrogens is 2. The standard InChI is InChI=1S/C31H32FN5O4/c1-35-12-4-6-21(35)17-41-30-33-28-25(29(34-30)36-15-19-8-9-20(16-36)37(19)31(39)40)11-10-24(27(28)32)26-14-22(38)13-18-5-2-3-7-23(18)26/h2-3,5,7,10-11,13-14,19-21,38H,4,6,8-9,12,15-17H2,1H3,(H,39,40)/t19-,20-,21-/m0/s1. The van der Waals surface area contributed by atoms with E-state index in [0.717, 1.165) is 43.0 Å². The molecule has 3 fully saturated rings. The predicted octanol–water partition coefficient (Wildman–Crippen LogP) is 5.10. The molecule has 0 aliphatic carbocycles. The number of fused-ring (bicyclic) bond motifs is 4. The van der Waals surface area contributed by atoms with E-state index in [2.05, 4.69) is 21.8 Å². The molecule has 3 aromatic carbocycles. The SMILES string of the molecule is CN1CCC[C@H]1COc1nc(N2C[C@@H]3CC[C@@H](C2)N3C(=O)O)c2ccc(-c3cc(O)cc4ccccc34)c(F)c2n1. The third kappa shape index (κ3) is 4.46. The third-order valence-electron chi connectivity index (χ3n) is 8.98. The van der Waals surface area contributed by atoms with E-state index in [1.54, 1.807) is 23.1 Å². The van der Waals surface area contributed by atoms with Crippen LogP contribution in [0, 0.1) is 5.82 Å². The Hall–Kier alpha value is -4.18. The van der Waals surface area contributed by atoms with Gasteiger partial charge in [0, 0.05) is 30.1 Å². The van der Waals surface area contributed by atoms with Crippen molar-refractivity contribution < 1.29 is 24.1 Å². The summed E-state index contributed by atoms with van der Waals surface area (Å²) >= 11 is 0. The van der Waals surface area contributed by atoms with Crippen LogP contribution in [0.3, 0.4) is 0 Å². The van der Waals surface area contributed by atoms with Gasteiger partial charge in [0.25, 0.3) is 0 Å².